The molecule has 2 aliphatic rings. The summed E-state index contributed by atoms with van der Waals surface area (Å²) in [4.78, 5) is 0. The van der Waals surface area contributed by atoms with Crippen LogP contribution in [0.3, 0.4) is 0 Å². The van der Waals surface area contributed by atoms with E-state index in [4.69, 9.17) is 14.6 Å². The molecule has 27 heavy (non-hydrogen) atoms. The van der Waals surface area contributed by atoms with Crippen molar-refractivity contribution in [3.8, 4) is 11.4 Å². The lowest BCUT2D eigenvalue weighted by Gasteiger charge is -2.10. The first-order valence-electron chi connectivity index (χ1n) is 9.63. The van der Waals surface area contributed by atoms with Gasteiger partial charge in [-0.25, -0.2) is 4.68 Å². The fourth-order valence-electron chi connectivity index (χ4n) is 3.86. The van der Waals surface area contributed by atoms with Crippen LogP contribution >= 0.6 is 0 Å². The summed E-state index contributed by atoms with van der Waals surface area (Å²) >= 11 is 0. The van der Waals surface area contributed by atoms with E-state index in [1.807, 2.05) is 35.0 Å². The number of aromatic nitrogens is 2. The summed E-state index contributed by atoms with van der Waals surface area (Å²) in [6, 6.07) is 18.3. The van der Waals surface area contributed by atoms with Gasteiger partial charge in [0.05, 0.1) is 11.4 Å². The van der Waals surface area contributed by atoms with Gasteiger partial charge in [-0.3, -0.25) is 0 Å². The Bertz CT molecular complexity index is 913. The van der Waals surface area contributed by atoms with E-state index in [0.29, 0.717) is 6.61 Å². The summed E-state index contributed by atoms with van der Waals surface area (Å²) in [5, 5.41) is 8.38. The lowest BCUT2D eigenvalue weighted by Crippen LogP contribution is -2.06. The second kappa shape index (κ2) is 7.08. The van der Waals surface area contributed by atoms with Crippen LogP contribution in [0.4, 0.5) is 5.82 Å². The number of hydrogen-bond acceptors (Lipinski definition) is 4. The minimum Gasteiger partial charge on any atom is -0.489 e. The van der Waals surface area contributed by atoms with Crippen LogP contribution in [0, 0.1) is 0 Å². The van der Waals surface area contributed by atoms with Gasteiger partial charge in [0, 0.05) is 18.7 Å². The van der Waals surface area contributed by atoms with Crippen molar-refractivity contribution in [2.45, 2.75) is 32.0 Å². The number of benzene rings is 2. The molecule has 138 valence electrons. The van der Waals surface area contributed by atoms with Gasteiger partial charge in [-0.2, -0.15) is 5.10 Å². The van der Waals surface area contributed by atoms with Gasteiger partial charge in [0.1, 0.15) is 24.3 Å². The third kappa shape index (κ3) is 3.19. The molecule has 1 aromatic heterocycles. The maximum atomic E-state index is 5.90. The van der Waals surface area contributed by atoms with E-state index in [2.05, 4.69) is 29.6 Å². The van der Waals surface area contributed by atoms with E-state index in [9.17, 15) is 0 Å². The average molecular weight is 361 g/mol. The standard InChI is InChI=1S/C22H23N3O2/c1-2-5-16(6-3-1)15-27-18-10-8-17(9-11-18)25-22-19(12-13-23-22)21(24-25)20-7-4-14-26-20/h1-3,5-6,8-11,20,23H,4,7,12-15H2. The summed E-state index contributed by atoms with van der Waals surface area (Å²) in [6.07, 6.45) is 3.35. The highest BCUT2D eigenvalue weighted by Gasteiger charge is 2.30. The van der Waals surface area contributed by atoms with Crippen molar-refractivity contribution in [1.82, 2.24) is 9.78 Å². The number of ether oxygens (including phenoxy) is 2. The molecule has 0 spiro atoms. The highest BCUT2D eigenvalue weighted by molar-refractivity contribution is 5.58. The molecule has 1 unspecified atom stereocenters. The average Bonchev–Trinajstić information content (AvgIpc) is 3.45. The smallest absolute Gasteiger partial charge is 0.133 e. The quantitative estimate of drug-likeness (QED) is 0.737. The normalized spacial score (nSPS) is 18.3. The molecule has 0 aliphatic carbocycles. The molecule has 0 radical (unpaired) electrons. The molecule has 1 fully saturated rings. The van der Waals surface area contributed by atoms with Crippen LogP contribution in [0.5, 0.6) is 5.75 Å². The summed E-state index contributed by atoms with van der Waals surface area (Å²) in [5.41, 5.74) is 4.62. The molecule has 5 heteroatoms. The van der Waals surface area contributed by atoms with Gasteiger partial charge >= 0.3 is 0 Å². The van der Waals surface area contributed by atoms with Crippen LogP contribution in [0.2, 0.25) is 0 Å². The Morgan fingerprint density at radius 2 is 1.96 bits per heavy atom. The number of hydrogen-bond donors (Lipinski definition) is 1. The van der Waals surface area contributed by atoms with Crippen LogP contribution in [0.1, 0.15) is 35.8 Å². The molecule has 1 atom stereocenters. The Kier molecular flexibility index (Phi) is 4.30. The molecule has 2 aromatic carbocycles. The van der Waals surface area contributed by atoms with E-state index in [1.54, 1.807) is 0 Å². The maximum Gasteiger partial charge on any atom is 0.133 e. The second-order valence-electron chi connectivity index (χ2n) is 7.07. The summed E-state index contributed by atoms with van der Waals surface area (Å²) in [7, 11) is 0. The van der Waals surface area contributed by atoms with Gasteiger partial charge in [0.25, 0.3) is 0 Å². The summed E-state index contributed by atoms with van der Waals surface area (Å²) < 4.78 is 13.8. The molecular formula is C22H23N3O2. The molecule has 0 amide bonds. The summed E-state index contributed by atoms with van der Waals surface area (Å²) in [6.45, 7) is 2.38. The molecule has 5 rings (SSSR count). The van der Waals surface area contributed by atoms with E-state index in [-0.39, 0.29) is 6.10 Å². The molecule has 0 saturated carbocycles. The van der Waals surface area contributed by atoms with Gasteiger partial charge < -0.3 is 14.8 Å². The zero-order chi connectivity index (χ0) is 18.1. The third-order valence-electron chi connectivity index (χ3n) is 5.25. The highest BCUT2D eigenvalue weighted by atomic mass is 16.5. The minimum atomic E-state index is 0.147. The Hall–Kier alpha value is -2.79. The first kappa shape index (κ1) is 16.4. The third-order valence-corrected chi connectivity index (χ3v) is 5.25. The van der Waals surface area contributed by atoms with Crippen LogP contribution in [0.15, 0.2) is 54.6 Å². The monoisotopic (exact) mass is 361 g/mol. The van der Waals surface area contributed by atoms with Gasteiger partial charge in [-0.1, -0.05) is 30.3 Å². The molecule has 1 N–H and O–H groups in total. The van der Waals surface area contributed by atoms with Crippen molar-refractivity contribution in [2.75, 3.05) is 18.5 Å². The van der Waals surface area contributed by atoms with Gasteiger partial charge in [0.2, 0.25) is 0 Å². The Labute approximate surface area is 158 Å². The molecule has 0 bridgehead atoms. The fourth-order valence-corrected chi connectivity index (χ4v) is 3.86. The van der Waals surface area contributed by atoms with Crippen LogP contribution in [-0.2, 0) is 17.8 Å². The van der Waals surface area contributed by atoms with Crippen LogP contribution in [0.25, 0.3) is 5.69 Å². The van der Waals surface area contributed by atoms with Crippen molar-refractivity contribution in [3.63, 3.8) is 0 Å². The first-order valence-corrected chi connectivity index (χ1v) is 9.63. The highest BCUT2D eigenvalue weighted by Crippen LogP contribution is 2.37. The number of nitrogens with zero attached hydrogens (tertiary/aromatic N) is 2. The van der Waals surface area contributed by atoms with Crippen LogP contribution in [-0.4, -0.2) is 22.9 Å². The van der Waals surface area contributed by atoms with E-state index in [1.165, 1.54) is 5.56 Å². The predicted molar refractivity (Wildman–Crippen MR) is 104 cm³/mol. The number of fused-ring (bicyclic) bond motifs is 1. The van der Waals surface area contributed by atoms with Crippen molar-refractivity contribution in [1.29, 1.82) is 0 Å². The van der Waals surface area contributed by atoms with Crippen molar-refractivity contribution >= 4 is 5.82 Å². The predicted octanol–water partition coefficient (Wildman–Crippen LogP) is 4.27. The van der Waals surface area contributed by atoms with E-state index >= 15 is 0 Å². The van der Waals surface area contributed by atoms with Crippen LogP contribution < -0.4 is 10.1 Å². The van der Waals surface area contributed by atoms with Gasteiger partial charge in [-0.15, -0.1) is 0 Å². The Morgan fingerprint density at radius 3 is 2.74 bits per heavy atom. The van der Waals surface area contributed by atoms with E-state index < -0.39 is 0 Å². The molecule has 1 saturated heterocycles. The zero-order valence-corrected chi connectivity index (χ0v) is 15.2. The topological polar surface area (TPSA) is 48.3 Å². The SMILES string of the molecule is c1ccc(COc2ccc(-n3nc(C4CCCO4)c4c3NCC4)cc2)cc1. The van der Waals surface area contributed by atoms with Crippen molar-refractivity contribution < 1.29 is 9.47 Å². The zero-order valence-electron chi connectivity index (χ0n) is 15.2. The molecular weight excluding hydrogens is 338 g/mol. The number of rotatable bonds is 5. The molecule has 2 aliphatic heterocycles. The lowest BCUT2D eigenvalue weighted by molar-refractivity contribution is 0.107. The number of nitrogens with one attached hydrogen (secondary N) is 1. The molecule has 5 nitrogen and oxygen atoms in total. The van der Waals surface area contributed by atoms with Crippen molar-refractivity contribution in [2.24, 2.45) is 0 Å². The van der Waals surface area contributed by atoms with E-state index in [0.717, 1.165) is 60.9 Å². The molecule has 3 aromatic rings. The largest absolute Gasteiger partial charge is 0.489 e. The summed E-state index contributed by atoms with van der Waals surface area (Å²) in [5.74, 6) is 1.97. The van der Waals surface area contributed by atoms with Gasteiger partial charge in [-0.05, 0) is 49.1 Å². The van der Waals surface area contributed by atoms with Gasteiger partial charge in [0.15, 0.2) is 0 Å². The first-order chi connectivity index (χ1) is 13.4. The fraction of sp³-hybridized carbons (Fsp3) is 0.318. The minimum absolute atomic E-state index is 0.147. The maximum absolute atomic E-state index is 5.90. The Balaban J connectivity index is 1.36. The number of anilines is 1. The second-order valence-corrected chi connectivity index (χ2v) is 7.07. The lowest BCUT2D eigenvalue weighted by atomic mass is 10.1. The molecule has 3 heterocycles. The Morgan fingerprint density at radius 1 is 1.11 bits per heavy atom. The van der Waals surface area contributed by atoms with Crippen molar-refractivity contribution in [3.05, 3.63) is 71.4 Å².